The van der Waals surface area contributed by atoms with Gasteiger partial charge in [0.15, 0.2) is 0 Å². The van der Waals surface area contributed by atoms with E-state index >= 15 is 0 Å². The van der Waals surface area contributed by atoms with E-state index in [9.17, 15) is 15.3 Å². The Kier molecular flexibility index (Phi) is 19.0. The Morgan fingerprint density at radius 1 is 0.422 bits per heavy atom. The molecule has 0 heterocycles. The van der Waals surface area contributed by atoms with E-state index in [0.717, 1.165) is 0 Å². The largest absolute Gasteiger partial charge is 0.506 e. The Hall–Kier alpha value is -2.08. The Bertz CT molecular complexity index is 919. The third-order valence-corrected chi connectivity index (χ3v) is 15.8. The summed E-state index contributed by atoms with van der Waals surface area (Å²) in [5.74, 6) is -1.14. The van der Waals surface area contributed by atoms with Crippen molar-refractivity contribution >= 4 is 45.1 Å². The van der Waals surface area contributed by atoms with E-state index in [1.54, 1.807) is 0 Å². The molecule has 0 radical (unpaired) electrons. The van der Waals surface area contributed by atoms with Gasteiger partial charge in [0.05, 0.1) is 16.7 Å². The minimum Gasteiger partial charge on any atom is -0.506 e. The second-order valence-corrected chi connectivity index (χ2v) is 18.9. The van der Waals surface area contributed by atoms with Gasteiger partial charge in [-0.25, -0.2) is 0 Å². The van der Waals surface area contributed by atoms with Gasteiger partial charge in [0.25, 0.3) is 0 Å². The number of benzene rings is 1. The molecule has 258 valence electrons. The first-order valence-electron chi connectivity index (χ1n) is 14.3. The van der Waals surface area contributed by atoms with Crippen molar-refractivity contribution in [3.05, 3.63) is 16.7 Å². The second kappa shape index (κ2) is 20.9. The van der Waals surface area contributed by atoms with Crippen LogP contribution in [0.4, 0.5) is 0 Å². The maximum absolute atomic E-state index is 11.1. The van der Waals surface area contributed by atoms with Crippen molar-refractivity contribution in [1.82, 2.24) is 0 Å². The number of aliphatic imine (C=N–C) groups is 3. The van der Waals surface area contributed by atoms with Crippen molar-refractivity contribution in [3.8, 4) is 17.2 Å². The van der Waals surface area contributed by atoms with Gasteiger partial charge in [-0.15, -0.1) is 0 Å². The summed E-state index contributed by atoms with van der Waals surface area (Å²) in [4.78, 5) is 13.1. The molecular weight excluding hydrogens is 643 g/mol. The van der Waals surface area contributed by atoms with Crippen molar-refractivity contribution in [1.29, 1.82) is 0 Å². The van der Waals surface area contributed by atoms with Gasteiger partial charge in [0.1, 0.15) is 17.2 Å². The van der Waals surface area contributed by atoms with E-state index in [1.807, 2.05) is 0 Å². The van der Waals surface area contributed by atoms with Crippen LogP contribution in [0.15, 0.2) is 15.0 Å². The Labute approximate surface area is 269 Å². The summed E-state index contributed by atoms with van der Waals surface area (Å²) in [5.41, 5.74) is 0.0377. The third-order valence-electron chi connectivity index (χ3n) is 7.30. The molecule has 0 aromatic heterocycles. The van der Waals surface area contributed by atoms with Gasteiger partial charge < -0.3 is 55.2 Å². The molecule has 18 heteroatoms. The van der Waals surface area contributed by atoms with Crippen LogP contribution in [0.5, 0.6) is 17.2 Å². The van der Waals surface area contributed by atoms with E-state index in [4.69, 9.17) is 39.8 Å². The molecule has 1 aromatic rings. The van der Waals surface area contributed by atoms with Gasteiger partial charge in [-0.05, 0) is 19.3 Å². The molecule has 0 aliphatic heterocycles. The number of nitrogens with zero attached hydrogens (tertiary/aromatic N) is 3. The predicted octanol–water partition coefficient (Wildman–Crippen LogP) is 2.86. The minimum absolute atomic E-state index is 0.0126. The lowest BCUT2D eigenvalue weighted by Crippen LogP contribution is -2.42. The minimum atomic E-state index is -2.76. The number of hydrogen-bond acceptors (Lipinski definition) is 15. The standard InChI is InChI=1S/C27H51N3O12Si3/c1-34-43(35-2,36-3)16-10-13-28-19-22-25(31)23(20-29-14-11-17-44(37-4,38-5)39-6)27(33)24(26(22)32)21-30-15-12-18-45(40-7,41-8)42-9/h19-21,31-33H,10-18H2,1-9H3. The number of phenols is 3. The summed E-state index contributed by atoms with van der Waals surface area (Å²) in [6.07, 6.45) is 5.76. The highest BCUT2D eigenvalue weighted by Crippen LogP contribution is 2.39. The molecule has 15 nitrogen and oxygen atoms in total. The third kappa shape index (κ3) is 11.6. The lowest BCUT2D eigenvalue weighted by molar-refractivity contribution is 0.122. The van der Waals surface area contributed by atoms with Crippen LogP contribution in [0, 0.1) is 0 Å². The summed E-state index contributed by atoms with van der Waals surface area (Å²) in [7, 11) is 5.57. The molecule has 0 fully saturated rings. The maximum atomic E-state index is 11.1. The van der Waals surface area contributed by atoms with E-state index in [-0.39, 0.29) is 33.9 Å². The molecule has 3 N–H and O–H groups in total. The first kappa shape index (κ1) is 40.9. The fourth-order valence-corrected chi connectivity index (χ4v) is 9.55. The molecule has 0 atom stereocenters. The zero-order valence-electron chi connectivity index (χ0n) is 28.0. The first-order chi connectivity index (χ1) is 21.6. The van der Waals surface area contributed by atoms with E-state index in [1.165, 1.54) is 82.6 Å². The van der Waals surface area contributed by atoms with Gasteiger partial charge in [-0.2, -0.15) is 0 Å². The summed E-state index contributed by atoms with van der Waals surface area (Å²) in [6, 6.07) is 1.57. The van der Waals surface area contributed by atoms with Crippen molar-refractivity contribution in [2.45, 2.75) is 37.4 Å². The van der Waals surface area contributed by atoms with Gasteiger partial charge in [-0.3, -0.25) is 15.0 Å². The van der Waals surface area contributed by atoms with E-state index in [0.29, 0.717) is 57.0 Å². The Morgan fingerprint density at radius 2 is 0.622 bits per heavy atom. The summed E-state index contributed by atoms with van der Waals surface area (Å²) in [5, 5.41) is 33.2. The smallest absolute Gasteiger partial charge is 0.500 e. The average Bonchev–Trinajstić information content (AvgIpc) is 3.07. The van der Waals surface area contributed by atoms with Crippen LogP contribution in [0.25, 0.3) is 0 Å². The van der Waals surface area contributed by atoms with Crippen molar-refractivity contribution < 1.29 is 55.2 Å². The number of rotatable bonds is 24. The normalized spacial score (nSPS) is 13.3. The molecule has 0 spiro atoms. The molecule has 0 amide bonds. The highest BCUT2D eigenvalue weighted by Gasteiger charge is 2.38. The van der Waals surface area contributed by atoms with Crippen molar-refractivity contribution in [2.24, 2.45) is 15.0 Å². The number of hydrogen-bond donors (Lipinski definition) is 3. The monoisotopic (exact) mass is 693 g/mol. The van der Waals surface area contributed by atoms with Crippen molar-refractivity contribution in [3.63, 3.8) is 0 Å². The highest BCUT2D eigenvalue weighted by atomic mass is 28.4. The lowest BCUT2D eigenvalue weighted by atomic mass is 10.0. The van der Waals surface area contributed by atoms with Gasteiger partial charge >= 0.3 is 26.4 Å². The van der Waals surface area contributed by atoms with E-state index < -0.39 is 26.4 Å². The number of phenolic OH excluding ortho intramolecular Hbond substituents is 3. The average molecular weight is 694 g/mol. The van der Waals surface area contributed by atoms with Crippen LogP contribution < -0.4 is 0 Å². The van der Waals surface area contributed by atoms with Crippen LogP contribution in [-0.2, 0) is 39.8 Å². The van der Waals surface area contributed by atoms with Crippen LogP contribution in [0.3, 0.4) is 0 Å². The maximum Gasteiger partial charge on any atom is 0.500 e. The first-order valence-corrected chi connectivity index (χ1v) is 20.1. The Balaban J connectivity index is 3.27. The van der Waals surface area contributed by atoms with Crippen LogP contribution in [0.2, 0.25) is 18.1 Å². The van der Waals surface area contributed by atoms with Crippen LogP contribution in [-0.4, -0.2) is 144 Å². The summed E-state index contributed by atoms with van der Waals surface area (Å²) < 4.78 is 48.9. The predicted molar refractivity (Wildman–Crippen MR) is 177 cm³/mol. The fourth-order valence-electron chi connectivity index (χ4n) is 4.44. The van der Waals surface area contributed by atoms with Gasteiger partial charge in [-0.1, -0.05) is 0 Å². The molecule has 1 rings (SSSR count). The quantitative estimate of drug-likeness (QED) is 0.0820. The molecule has 0 aliphatic rings. The Morgan fingerprint density at radius 3 is 0.800 bits per heavy atom. The second-order valence-electron chi connectivity index (χ2n) is 9.59. The number of aromatic hydroxyl groups is 3. The molecule has 0 aliphatic carbocycles. The van der Waals surface area contributed by atoms with Gasteiger partial charge in [0, 0.05) is 120 Å². The zero-order chi connectivity index (χ0) is 33.9. The molecule has 0 saturated heterocycles. The topological polar surface area (TPSA) is 181 Å². The van der Waals surface area contributed by atoms with Gasteiger partial charge in [0.2, 0.25) is 0 Å². The van der Waals surface area contributed by atoms with Crippen LogP contribution in [0.1, 0.15) is 36.0 Å². The van der Waals surface area contributed by atoms with E-state index in [2.05, 4.69) is 15.0 Å². The van der Waals surface area contributed by atoms with Crippen molar-refractivity contribution in [2.75, 3.05) is 83.6 Å². The lowest BCUT2D eigenvalue weighted by Gasteiger charge is -2.23. The summed E-state index contributed by atoms with van der Waals surface area (Å²) in [6.45, 7) is 1.02. The zero-order valence-corrected chi connectivity index (χ0v) is 31.0. The molecule has 0 bridgehead atoms. The highest BCUT2D eigenvalue weighted by molar-refractivity contribution is 6.61. The molecular formula is C27H51N3O12Si3. The molecule has 0 saturated carbocycles. The summed E-state index contributed by atoms with van der Waals surface area (Å²) >= 11 is 0. The molecule has 45 heavy (non-hydrogen) atoms. The molecule has 1 aromatic carbocycles. The SMILES string of the molecule is CO[Si](CCCN=Cc1c(O)c(C=NCCC[Si](OC)(OC)OC)c(O)c(C=NCCC[Si](OC)(OC)OC)c1O)(OC)OC. The molecule has 0 unspecified atom stereocenters. The van der Waals surface area contributed by atoms with Crippen LogP contribution >= 0.6 is 0 Å². The fraction of sp³-hybridized carbons (Fsp3) is 0.667.